The third-order valence-corrected chi connectivity index (χ3v) is 5.54. The van der Waals surface area contributed by atoms with Crippen molar-refractivity contribution in [2.24, 2.45) is 0 Å². The zero-order chi connectivity index (χ0) is 23.2. The second kappa shape index (κ2) is 10.2. The van der Waals surface area contributed by atoms with Crippen molar-refractivity contribution in [2.45, 2.75) is 20.3 Å². The number of nitrogens with zero attached hydrogens (tertiary/aromatic N) is 5. The Balaban J connectivity index is 1.36. The monoisotopic (exact) mass is 448 g/mol. The van der Waals surface area contributed by atoms with Crippen LogP contribution in [0.5, 0.6) is 0 Å². The molecule has 9 heteroatoms. The summed E-state index contributed by atoms with van der Waals surface area (Å²) in [7, 11) is 0. The first-order chi connectivity index (χ1) is 16.0. The maximum Gasteiger partial charge on any atom is 0.339 e. The number of esters is 1. The molecule has 1 aliphatic rings. The minimum Gasteiger partial charge on any atom is -0.462 e. The standard InChI is InChI=1S/C24H28N6O3/c1-3-33-23(31)19-8-9-22(25-17-19)28-12-5-13-29(15-14-28)24(32)27-20-6-4-7-21(16-20)30-18(2)10-11-26-30/h4,6-11,16-17H,3,5,12-15H2,1-2H3,(H,27,32). The van der Waals surface area contributed by atoms with Crippen molar-refractivity contribution >= 4 is 23.5 Å². The average Bonchev–Trinajstić information content (AvgIpc) is 3.10. The fraction of sp³-hybridized carbons (Fsp3) is 0.333. The van der Waals surface area contributed by atoms with Crippen molar-refractivity contribution < 1.29 is 14.3 Å². The number of benzene rings is 1. The van der Waals surface area contributed by atoms with Gasteiger partial charge in [0, 0.05) is 50.0 Å². The van der Waals surface area contributed by atoms with E-state index in [-0.39, 0.29) is 12.0 Å². The summed E-state index contributed by atoms with van der Waals surface area (Å²) < 4.78 is 6.84. The molecule has 3 aromatic rings. The summed E-state index contributed by atoms with van der Waals surface area (Å²) >= 11 is 0. The van der Waals surface area contributed by atoms with E-state index in [1.165, 1.54) is 6.20 Å². The maximum atomic E-state index is 12.9. The number of nitrogens with one attached hydrogen (secondary N) is 1. The zero-order valence-electron chi connectivity index (χ0n) is 18.9. The van der Waals surface area contributed by atoms with Crippen LogP contribution in [0.4, 0.5) is 16.3 Å². The molecule has 1 aromatic carbocycles. The highest BCUT2D eigenvalue weighted by molar-refractivity contribution is 5.90. The Morgan fingerprint density at radius 1 is 1.09 bits per heavy atom. The van der Waals surface area contributed by atoms with Crippen LogP contribution in [-0.4, -0.2) is 64.5 Å². The van der Waals surface area contributed by atoms with E-state index >= 15 is 0 Å². The van der Waals surface area contributed by atoms with Gasteiger partial charge in [0.15, 0.2) is 0 Å². The molecule has 2 aromatic heterocycles. The summed E-state index contributed by atoms with van der Waals surface area (Å²) in [6.45, 7) is 6.76. The van der Waals surface area contributed by atoms with Crippen LogP contribution in [0.1, 0.15) is 29.4 Å². The summed E-state index contributed by atoms with van der Waals surface area (Å²) in [5, 5.41) is 7.33. The highest BCUT2D eigenvalue weighted by atomic mass is 16.5. The summed E-state index contributed by atoms with van der Waals surface area (Å²) in [4.78, 5) is 33.1. The number of aryl methyl sites for hydroxylation is 1. The molecule has 0 saturated carbocycles. The number of carbonyl (C=O) groups excluding carboxylic acids is 2. The molecule has 1 aliphatic heterocycles. The van der Waals surface area contributed by atoms with Gasteiger partial charge >= 0.3 is 12.0 Å². The van der Waals surface area contributed by atoms with Crippen LogP contribution in [0, 0.1) is 6.92 Å². The number of amides is 2. The number of aromatic nitrogens is 3. The number of rotatable bonds is 5. The average molecular weight is 449 g/mol. The molecule has 1 fully saturated rings. The van der Waals surface area contributed by atoms with E-state index in [1.54, 1.807) is 19.2 Å². The lowest BCUT2D eigenvalue weighted by atomic mass is 10.2. The SMILES string of the molecule is CCOC(=O)c1ccc(N2CCCN(C(=O)Nc3cccc(-n4nccc4C)c3)CC2)nc1. The van der Waals surface area contributed by atoms with Crippen LogP contribution in [0.25, 0.3) is 5.69 Å². The van der Waals surface area contributed by atoms with E-state index < -0.39 is 0 Å². The number of urea groups is 1. The van der Waals surface area contributed by atoms with Crippen molar-refractivity contribution in [3.63, 3.8) is 0 Å². The molecule has 172 valence electrons. The number of hydrogen-bond acceptors (Lipinski definition) is 6. The van der Waals surface area contributed by atoms with Crippen LogP contribution in [0.2, 0.25) is 0 Å². The maximum absolute atomic E-state index is 12.9. The predicted molar refractivity (Wildman–Crippen MR) is 126 cm³/mol. The highest BCUT2D eigenvalue weighted by Crippen LogP contribution is 2.18. The Morgan fingerprint density at radius 3 is 2.70 bits per heavy atom. The lowest BCUT2D eigenvalue weighted by Gasteiger charge is -2.23. The molecule has 1 saturated heterocycles. The molecule has 0 spiro atoms. The lowest BCUT2D eigenvalue weighted by molar-refractivity contribution is 0.0526. The molecule has 0 unspecified atom stereocenters. The Kier molecular flexibility index (Phi) is 6.87. The van der Waals surface area contributed by atoms with Crippen molar-refractivity contribution in [1.82, 2.24) is 19.7 Å². The number of carbonyl (C=O) groups is 2. The molecule has 1 N–H and O–H groups in total. The second-order valence-corrected chi connectivity index (χ2v) is 7.82. The smallest absolute Gasteiger partial charge is 0.339 e. The second-order valence-electron chi connectivity index (χ2n) is 7.82. The molecule has 0 atom stereocenters. The molecule has 3 heterocycles. The molecule has 2 amide bonds. The number of anilines is 2. The minimum atomic E-state index is -0.373. The van der Waals surface area contributed by atoms with E-state index in [4.69, 9.17) is 4.74 Å². The van der Waals surface area contributed by atoms with Gasteiger partial charge in [-0.2, -0.15) is 5.10 Å². The summed E-state index contributed by atoms with van der Waals surface area (Å²) in [6.07, 6.45) is 4.11. The zero-order valence-corrected chi connectivity index (χ0v) is 18.9. The highest BCUT2D eigenvalue weighted by Gasteiger charge is 2.20. The number of ether oxygens (including phenoxy) is 1. The summed E-state index contributed by atoms with van der Waals surface area (Å²) in [5.74, 6) is 0.412. The van der Waals surface area contributed by atoms with Gasteiger partial charge in [0.05, 0.1) is 17.9 Å². The molecule has 33 heavy (non-hydrogen) atoms. The Morgan fingerprint density at radius 2 is 1.97 bits per heavy atom. The topological polar surface area (TPSA) is 92.6 Å². The van der Waals surface area contributed by atoms with Crippen LogP contribution in [0.3, 0.4) is 0 Å². The Hall–Kier alpha value is -3.88. The Labute approximate surface area is 193 Å². The largest absolute Gasteiger partial charge is 0.462 e. The van der Waals surface area contributed by atoms with Crippen LogP contribution >= 0.6 is 0 Å². The molecule has 0 aliphatic carbocycles. The third-order valence-electron chi connectivity index (χ3n) is 5.54. The van der Waals surface area contributed by atoms with Crippen molar-refractivity contribution in [1.29, 1.82) is 0 Å². The van der Waals surface area contributed by atoms with Gasteiger partial charge in [0.1, 0.15) is 5.82 Å². The van der Waals surface area contributed by atoms with Crippen LogP contribution in [-0.2, 0) is 4.74 Å². The van der Waals surface area contributed by atoms with E-state index in [0.29, 0.717) is 31.8 Å². The molecular formula is C24H28N6O3. The van der Waals surface area contributed by atoms with Gasteiger partial charge in [0.2, 0.25) is 0 Å². The Bertz CT molecular complexity index is 1110. The van der Waals surface area contributed by atoms with Gasteiger partial charge in [-0.1, -0.05) is 6.07 Å². The van der Waals surface area contributed by atoms with Gasteiger partial charge in [0.25, 0.3) is 0 Å². The van der Waals surface area contributed by atoms with E-state index in [1.807, 2.05) is 52.9 Å². The van der Waals surface area contributed by atoms with Crippen LogP contribution in [0.15, 0.2) is 54.9 Å². The van der Waals surface area contributed by atoms with Crippen molar-refractivity contribution in [3.05, 3.63) is 66.1 Å². The van der Waals surface area contributed by atoms with E-state index in [2.05, 4.69) is 20.3 Å². The van der Waals surface area contributed by atoms with Gasteiger partial charge in [-0.25, -0.2) is 19.3 Å². The van der Waals surface area contributed by atoms with Gasteiger partial charge in [-0.3, -0.25) is 0 Å². The summed E-state index contributed by atoms with van der Waals surface area (Å²) in [5.41, 5.74) is 3.08. The van der Waals surface area contributed by atoms with Crippen molar-refractivity contribution in [2.75, 3.05) is 43.0 Å². The van der Waals surface area contributed by atoms with Gasteiger partial charge in [-0.15, -0.1) is 0 Å². The van der Waals surface area contributed by atoms with Crippen molar-refractivity contribution in [3.8, 4) is 5.69 Å². The van der Waals surface area contributed by atoms with E-state index in [0.717, 1.165) is 35.9 Å². The first-order valence-corrected chi connectivity index (χ1v) is 11.1. The lowest BCUT2D eigenvalue weighted by Crippen LogP contribution is -2.38. The molecule has 4 rings (SSSR count). The molecule has 0 radical (unpaired) electrons. The first-order valence-electron chi connectivity index (χ1n) is 11.1. The number of pyridine rings is 1. The van der Waals surface area contributed by atoms with Gasteiger partial charge in [-0.05, 0) is 56.7 Å². The molecule has 9 nitrogen and oxygen atoms in total. The number of hydrogen-bond donors (Lipinski definition) is 1. The summed E-state index contributed by atoms with van der Waals surface area (Å²) in [6, 6.07) is 13.0. The van der Waals surface area contributed by atoms with Crippen LogP contribution < -0.4 is 10.2 Å². The quantitative estimate of drug-likeness (QED) is 0.601. The fourth-order valence-corrected chi connectivity index (χ4v) is 3.82. The minimum absolute atomic E-state index is 0.128. The first kappa shape index (κ1) is 22.3. The van der Waals surface area contributed by atoms with Gasteiger partial charge < -0.3 is 19.9 Å². The fourth-order valence-electron chi connectivity index (χ4n) is 3.82. The predicted octanol–water partition coefficient (Wildman–Crippen LogP) is 3.50. The molecule has 0 bridgehead atoms. The third kappa shape index (κ3) is 5.31. The van der Waals surface area contributed by atoms with E-state index in [9.17, 15) is 9.59 Å². The molecular weight excluding hydrogens is 420 g/mol. The normalized spacial score (nSPS) is 14.0.